The van der Waals surface area contributed by atoms with Crippen LogP contribution in [0.4, 0.5) is 17.1 Å². The summed E-state index contributed by atoms with van der Waals surface area (Å²) < 4.78 is 2.41. The Hall–Kier alpha value is -6.38. The lowest BCUT2D eigenvalue weighted by Crippen LogP contribution is -2.55. The SMILES string of the molecule is c1cc(-c2ccc(N(c3ccc4ccccc4c3)c3cccc4c3-c3ccccc3C43C4CC5CC(C4)CC3C5)cc2)cc(-n2c3ccccc3c3ccccc32)c1. The Morgan fingerprint density at radius 1 is 0.448 bits per heavy atom. The molecule has 0 N–H and O–H groups in total. The van der Waals surface area contributed by atoms with Crippen LogP contribution in [-0.2, 0) is 5.41 Å². The largest absolute Gasteiger partial charge is 0.310 e. The summed E-state index contributed by atoms with van der Waals surface area (Å²) in [6.45, 7) is 0. The van der Waals surface area contributed by atoms with Crippen LogP contribution in [0.3, 0.4) is 0 Å². The van der Waals surface area contributed by atoms with E-state index in [9.17, 15) is 0 Å². The topological polar surface area (TPSA) is 8.17 Å². The first kappa shape index (κ1) is 32.7. The number of fused-ring (bicyclic) bond motifs is 7. The molecule has 58 heavy (non-hydrogen) atoms. The maximum Gasteiger partial charge on any atom is 0.0543 e. The van der Waals surface area contributed by atoms with Gasteiger partial charge in [0.05, 0.1) is 16.7 Å². The first-order chi connectivity index (χ1) is 28.7. The van der Waals surface area contributed by atoms with Crippen molar-refractivity contribution >= 4 is 49.6 Å². The molecule has 0 aliphatic heterocycles. The number of para-hydroxylation sites is 2. The third-order valence-corrected chi connectivity index (χ3v) is 14.9. The van der Waals surface area contributed by atoms with E-state index in [1.165, 1.54) is 110 Å². The van der Waals surface area contributed by atoms with Gasteiger partial charge in [0.1, 0.15) is 0 Å². The molecule has 0 unspecified atom stereocenters. The molecule has 1 aromatic heterocycles. The van der Waals surface area contributed by atoms with Crippen molar-refractivity contribution in [3.8, 4) is 27.9 Å². The van der Waals surface area contributed by atoms with Gasteiger partial charge in [0.15, 0.2) is 0 Å². The molecule has 1 spiro atoms. The van der Waals surface area contributed by atoms with Crippen molar-refractivity contribution in [2.45, 2.75) is 37.5 Å². The van der Waals surface area contributed by atoms with Crippen LogP contribution in [0.25, 0.3) is 60.5 Å². The minimum Gasteiger partial charge on any atom is -0.310 e. The number of hydrogen-bond acceptors (Lipinski definition) is 1. The molecule has 4 fully saturated rings. The average Bonchev–Trinajstić information content (AvgIpc) is 3.77. The second kappa shape index (κ2) is 12.3. The summed E-state index contributed by atoms with van der Waals surface area (Å²) in [6.07, 6.45) is 7.02. The molecule has 0 amide bonds. The molecule has 0 saturated heterocycles. The molecular weight excluding hydrogens is 701 g/mol. The maximum atomic E-state index is 2.55. The molecule has 1 heterocycles. The summed E-state index contributed by atoms with van der Waals surface area (Å²) in [5, 5.41) is 5.09. The molecule has 8 aromatic carbocycles. The Bertz CT molecular complexity index is 3010. The third kappa shape index (κ3) is 4.55. The zero-order valence-electron chi connectivity index (χ0n) is 32.6. The Balaban J connectivity index is 0.966. The fourth-order valence-electron chi connectivity index (χ4n) is 12.9. The van der Waals surface area contributed by atoms with Crippen molar-refractivity contribution in [3.63, 3.8) is 0 Å². The molecule has 4 saturated carbocycles. The van der Waals surface area contributed by atoms with E-state index < -0.39 is 0 Å². The molecule has 14 rings (SSSR count). The molecule has 2 nitrogen and oxygen atoms in total. The Morgan fingerprint density at radius 3 is 1.83 bits per heavy atom. The number of nitrogens with zero attached hydrogens (tertiary/aromatic N) is 2. The highest BCUT2D eigenvalue weighted by molar-refractivity contribution is 6.09. The smallest absolute Gasteiger partial charge is 0.0543 e. The van der Waals surface area contributed by atoms with Crippen LogP contribution in [0, 0.1) is 23.7 Å². The van der Waals surface area contributed by atoms with E-state index in [4.69, 9.17) is 0 Å². The average molecular weight is 745 g/mol. The number of rotatable bonds is 5. The molecule has 5 aliphatic rings. The normalized spacial score (nSPS) is 22.6. The molecule has 0 atom stereocenters. The Labute approximate surface area is 340 Å². The quantitative estimate of drug-likeness (QED) is 0.170. The van der Waals surface area contributed by atoms with E-state index in [-0.39, 0.29) is 5.41 Å². The molecule has 0 radical (unpaired) electrons. The van der Waals surface area contributed by atoms with Crippen LogP contribution in [0.5, 0.6) is 0 Å². The number of hydrogen-bond donors (Lipinski definition) is 0. The first-order valence-corrected chi connectivity index (χ1v) is 21.4. The van der Waals surface area contributed by atoms with E-state index in [2.05, 4.69) is 191 Å². The molecule has 4 bridgehead atoms. The zero-order chi connectivity index (χ0) is 38.0. The summed E-state index contributed by atoms with van der Waals surface area (Å²) in [5.41, 5.74) is 15.9. The van der Waals surface area contributed by atoms with E-state index in [0.717, 1.165) is 23.7 Å². The third-order valence-electron chi connectivity index (χ3n) is 14.9. The summed E-state index contributed by atoms with van der Waals surface area (Å²) in [4.78, 5) is 2.55. The van der Waals surface area contributed by atoms with Gasteiger partial charge in [-0.2, -0.15) is 0 Å². The summed E-state index contributed by atoms with van der Waals surface area (Å²) >= 11 is 0. The molecule has 2 heteroatoms. The predicted molar refractivity (Wildman–Crippen MR) is 242 cm³/mol. The van der Waals surface area contributed by atoms with Gasteiger partial charge in [-0.15, -0.1) is 0 Å². The van der Waals surface area contributed by atoms with Crippen molar-refractivity contribution in [1.29, 1.82) is 0 Å². The summed E-state index contributed by atoms with van der Waals surface area (Å²) in [6, 6.07) is 68.5. The number of aromatic nitrogens is 1. The predicted octanol–water partition coefficient (Wildman–Crippen LogP) is 14.8. The Kier molecular flexibility index (Phi) is 6.94. The van der Waals surface area contributed by atoms with Gasteiger partial charge in [0.25, 0.3) is 0 Å². The van der Waals surface area contributed by atoms with Gasteiger partial charge in [-0.3, -0.25) is 0 Å². The highest BCUT2D eigenvalue weighted by atomic mass is 15.1. The maximum absolute atomic E-state index is 2.55. The fourth-order valence-corrected chi connectivity index (χ4v) is 12.9. The molecule has 278 valence electrons. The van der Waals surface area contributed by atoms with E-state index >= 15 is 0 Å². The minimum absolute atomic E-state index is 0.121. The van der Waals surface area contributed by atoms with Gasteiger partial charge >= 0.3 is 0 Å². The molecular formula is C56H44N2. The van der Waals surface area contributed by atoms with Crippen molar-refractivity contribution in [2.75, 3.05) is 4.90 Å². The second-order valence-electron chi connectivity index (χ2n) is 17.8. The van der Waals surface area contributed by atoms with Crippen molar-refractivity contribution in [2.24, 2.45) is 23.7 Å². The lowest BCUT2D eigenvalue weighted by Gasteiger charge is -2.61. The van der Waals surface area contributed by atoms with Gasteiger partial charge < -0.3 is 9.47 Å². The first-order valence-electron chi connectivity index (χ1n) is 21.4. The monoisotopic (exact) mass is 744 g/mol. The van der Waals surface area contributed by atoms with E-state index in [1.807, 2.05) is 0 Å². The van der Waals surface area contributed by atoms with Crippen LogP contribution in [0.2, 0.25) is 0 Å². The van der Waals surface area contributed by atoms with Crippen molar-refractivity contribution < 1.29 is 0 Å². The van der Waals surface area contributed by atoms with Gasteiger partial charge in [-0.1, -0.05) is 127 Å². The minimum atomic E-state index is 0.121. The van der Waals surface area contributed by atoms with Crippen molar-refractivity contribution in [1.82, 2.24) is 4.57 Å². The van der Waals surface area contributed by atoms with Gasteiger partial charge in [-0.25, -0.2) is 0 Å². The second-order valence-corrected chi connectivity index (χ2v) is 17.8. The van der Waals surface area contributed by atoms with Crippen LogP contribution in [-0.4, -0.2) is 4.57 Å². The lowest BCUT2D eigenvalue weighted by atomic mass is 9.43. The van der Waals surface area contributed by atoms with Gasteiger partial charge in [0.2, 0.25) is 0 Å². The van der Waals surface area contributed by atoms with Crippen LogP contribution < -0.4 is 4.90 Å². The summed E-state index contributed by atoms with van der Waals surface area (Å²) in [7, 11) is 0. The Morgan fingerprint density at radius 2 is 1.07 bits per heavy atom. The van der Waals surface area contributed by atoms with Crippen LogP contribution in [0.15, 0.2) is 182 Å². The van der Waals surface area contributed by atoms with E-state index in [1.54, 1.807) is 11.1 Å². The highest BCUT2D eigenvalue weighted by Gasteiger charge is 2.61. The fraction of sp³-hybridized carbons (Fsp3) is 0.179. The highest BCUT2D eigenvalue weighted by Crippen LogP contribution is 2.70. The molecule has 9 aromatic rings. The number of benzene rings is 8. The van der Waals surface area contributed by atoms with E-state index in [0.29, 0.717) is 0 Å². The van der Waals surface area contributed by atoms with Crippen LogP contribution in [0.1, 0.15) is 43.2 Å². The van der Waals surface area contributed by atoms with Crippen LogP contribution >= 0.6 is 0 Å². The lowest BCUT2D eigenvalue weighted by molar-refractivity contribution is -0.0399. The number of anilines is 3. The van der Waals surface area contributed by atoms with Gasteiger partial charge in [0, 0.05) is 38.8 Å². The van der Waals surface area contributed by atoms with Gasteiger partial charge in [-0.05, 0) is 149 Å². The molecule has 5 aliphatic carbocycles. The standard InChI is InChI=1S/C56H44N2/c1-2-12-40-35-46(28-25-38(40)11-1)57(54-22-10-19-51-55(54)49-17-3-6-18-50(49)56(51)42-30-36-29-37(32-42)33-43(56)31-36)44-26-23-39(24-27-44)41-13-9-14-45(34-41)58-52-20-7-4-15-47(52)48-16-5-8-21-53(48)58/h1-28,34-37,42-43H,29-33H2. The zero-order valence-corrected chi connectivity index (χ0v) is 32.6. The van der Waals surface area contributed by atoms with Crippen molar-refractivity contribution in [3.05, 3.63) is 193 Å². The summed E-state index contributed by atoms with van der Waals surface area (Å²) in [5.74, 6) is 3.30.